The fourth-order valence-electron chi connectivity index (χ4n) is 8.62. The standard InChI is InChI=1S/C38H35Cl2FN6O3/c1-19-25-15-30(29-14-23(50-18-31-43-10-11-49-31)17-46(29)38(48)20-7-8-20)47(36-22-13-28(36)44-16-22)37(25)26-12-21(4-3-9-42)32(34(41)35(26)45-19)24-5-2-6-27(39)33(24)40/h2,5-6,10-12,15,20,22-23,28-29,36,44H,3-4,7-8,13-14,16-18H2,1H3/t22-,23+,28-,29-,36+/m1/s1. The number of amides is 1. The van der Waals surface area contributed by atoms with Crippen molar-refractivity contribution >= 4 is 50.9 Å². The molecule has 3 aliphatic heterocycles. The Morgan fingerprint density at radius 2 is 2.08 bits per heavy atom. The van der Waals surface area contributed by atoms with Crippen LogP contribution in [0.25, 0.3) is 32.9 Å². The second-order valence-electron chi connectivity index (χ2n) is 14.2. The SMILES string of the molecule is Cc1nc2c(F)c(-c3cccc(Cl)c3Cl)c(CCC#N)cc2c2c1cc([C@H]1C[C@H](OCc3ncco3)CN1C(=O)C1CC1)n2[C@H]1[C@H]2CN[C@@H]1C2. The number of rotatable bonds is 9. The Morgan fingerprint density at radius 1 is 1.22 bits per heavy atom. The van der Waals surface area contributed by atoms with Crippen LogP contribution in [-0.2, 0) is 22.6 Å². The first-order valence-electron chi connectivity index (χ1n) is 17.3. The maximum atomic E-state index is 17.1. The lowest BCUT2D eigenvalue weighted by molar-refractivity contribution is -0.134. The summed E-state index contributed by atoms with van der Waals surface area (Å²) in [6.45, 7) is 3.54. The summed E-state index contributed by atoms with van der Waals surface area (Å²) < 4.78 is 31.3. The number of pyridine rings is 1. The molecule has 5 fully saturated rings. The number of halogens is 3. The van der Waals surface area contributed by atoms with Crippen LogP contribution in [0.15, 0.2) is 47.2 Å². The summed E-state index contributed by atoms with van der Waals surface area (Å²) >= 11 is 13.1. The third-order valence-electron chi connectivity index (χ3n) is 11.2. The normalized spacial score (nSPS) is 24.3. The van der Waals surface area contributed by atoms with E-state index in [1.807, 2.05) is 17.9 Å². The van der Waals surface area contributed by atoms with Crippen molar-refractivity contribution in [2.45, 2.75) is 76.3 Å². The lowest BCUT2D eigenvalue weighted by Crippen LogP contribution is -2.41. The summed E-state index contributed by atoms with van der Waals surface area (Å²) in [5, 5.41) is 15.5. The molecule has 10 rings (SSSR count). The van der Waals surface area contributed by atoms with Gasteiger partial charge < -0.3 is 23.9 Å². The summed E-state index contributed by atoms with van der Waals surface area (Å²) in [7, 11) is 0. The highest BCUT2D eigenvalue weighted by atomic mass is 35.5. The van der Waals surface area contributed by atoms with Crippen LogP contribution < -0.4 is 5.32 Å². The van der Waals surface area contributed by atoms with Gasteiger partial charge in [0.05, 0.1) is 46.0 Å². The number of hydrogen-bond acceptors (Lipinski definition) is 7. The van der Waals surface area contributed by atoms with Gasteiger partial charge in [-0.1, -0.05) is 35.3 Å². The quantitative estimate of drug-likeness (QED) is 0.166. The Bertz CT molecular complexity index is 2200. The summed E-state index contributed by atoms with van der Waals surface area (Å²) in [5.74, 6) is 0.633. The van der Waals surface area contributed by atoms with Crippen molar-refractivity contribution in [3.05, 3.63) is 81.5 Å². The molecule has 1 amide bonds. The van der Waals surface area contributed by atoms with E-state index in [-0.39, 0.29) is 59.6 Å². The molecule has 256 valence electrons. The minimum atomic E-state index is -0.486. The van der Waals surface area contributed by atoms with Gasteiger partial charge in [0.1, 0.15) is 18.4 Å². The molecule has 6 heterocycles. The first-order chi connectivity index (χ1) is 24.3. The Hall–Kier alpha value is -4.01. The number of aryl methyl sites for hydroxylation is 2. The van der Waals surface area contributed by atoms with Gasteiger partial charge >= 0.3 is 0 Å². The monoisotopic (exact) mass is 712 g/mol. The predicted molar refractivity (Wildman–Crippen MR) is 187 cm³/mol. The van der Waals surface area contributed by atoms with E-state index in [0.717, 1.165) is 42.4 Å². The molecule has 0 radical (unpaired) electrons. The van der Waals surface area contributed by atoms with E-state index in [0.29, 0.717) is 64.0 Å². The van der Waals surface area contributed by atoms with E-state index >= 15 is 4.39 Å². The third kappa shape index (κ3) is 5.12. The van der Waals surface area contributed by atoms with Gasteiger partial charge in [-0.25, -0.2) is 14.4 Å². The molecule has 1 N–H and O–H groups in total. The number of nitrogens with zero attached hydrogens (tertiary/aromatic N) is 5. The minimum Gasteiger partial charge on any atom is -0.446 e. The lowest BCUT2D eigenvalue weighted by atomic mass is 9.79. The number of benzene rings is 2. The van der Waals surface area contributed by atoms with Crippen LogP contribution in [0, 0.1) is 35.9 Å². The van der Waals surface area contributed by atoms with Crippen LogP contribution in [0.5, 0.6) is 0 Å². The number of ether oxygens (including phenoxy) is 1. The molecule has 5 aromatic rings. The fraction of sp³-hybridized carbons (Fsp3) is 0.421. The number of aromatic nitrogens is 3. The molecule has 5 atom stereocenters. The van der Waals surface area contributed by atoms with Gasteiger partial charge in [-0.05, 0) is 62.3 Å². The largest absolute Gasteiger partial charge is 0.446 e. The molecule has 3 aromatic heterocycles. The molecule has 0 spiro atoms. The van der Waals surface area contributed by atoms with E-state index in [1.165, 1.54) is 6.26 Å². The Morgan fingerprint density at radius 3 is 2.80 bits per heavy atom. The van der Waals surface area contributed by atoms with Crippen LogP contribution in [0.2, 0.25) is 10.0 Å². The highest BCUT2D eigenvalue weighted by molar-refractivity contribution is 6.43. The van der Waals surface area contributed by atoms with Crippen molar-refractivity contribution in [3.8, 4) is 17.2 Å². The molecule has 2 bridgehead atoms. The molecule has 2 aromatic carbocycles. The summed E-state index contributed by atoms with van der Waals surface area (Å²) in [4.78, 5) is 25.0. The Kier molecular flexibility index (Phi) is 7.88. The maximum absolute atomic E-state index is 17.1. The van der Waals surface area contributed by atoms with Crippen molar-refractivity contribution in [1.82, 2.24) is 24.8 Å². The van der Waals surface area contributed by atoms with Crippen molar-refractivity contribution < 1.29 is 18.3 Å². The molecule has 12 heteroatoms. The summed E-state index contributed by atoms with van der Waals surface area (Å²) in [6, 6.07) is 11.8. The molecule has 2 saturated carbocycles. The zero-order valence-corrected chi connectivity index (χ0v) is 29.0. The van der Waals surface area contributed by atoms with Gasteiger partial charge in [0.25, 0.3) is 0 Å². The maximum Gasteiger partial charge on any atom is 0.226 e. The van der Waals surface area contributed by atoms with Crippen LogP contribution in [0.3, 0.4) is 0 Å². The highest BCUT2D eigenvalue weighted by Crippen LogP contribution is 2.51. The van der Waals surface area contributed by atoms with Gasteiger partial charge in [-0.2, -0.15) is 5.26 Å². The van der Waals surface area contributed by atoms with E-state index in [2.05, 4.69) is 27.0 Å². The second-order valence-corrected chi connectivity index (χ2v) is 14.9. The lowest BCUT2D eigenvalue weighted by Gasteiger charge is -2.39. The van der Waals surface area contributed by atoms with Crippen molar-refractivity contribution in [3.63, 3.8) is 0 Å². The van der Waals surface area contributed by atoms with Crippen LogP contribution in [0.1, 0.15) is 67.0 Å². The van der Waals surface area contributed by atoms with Crippen molar-refractivity contribution in [2.75, 3.05) is 13.1 Å². The van der Waals surface area contributed by atoms with Gasteiger partial charge in [0, 0.05) is 71.2 Å². The molecule has 2 aliphatic carbocycles. The average Bonchev–Trinajstić information content (AvgIpc) is 3.62. The zero-order chi connectivity index (χ0) is 34.3. The topological polar surface area (TPSA) is 109 Å². The number of fused-ring (bicyclic) bond motifs is 4. The average molecular weight is 714 g/mol. The van der Waals surface area contributed by atoms with Crippen molar-refractivity contribution in [1.29, 1.82) is 5.26 Å². The molecule has 3 saturated heterocycles. The summed E-state index contributed by atoms with van der Waals surface area (Å²) in [6.07, 6.45) is 6.96. The number of nitriles is 1. The number of nitrogens with one attached hydrogen (secondary N) is 1. The van der Waals surface area contributed by atoms with E-state index in [9.17, 15) is 10.1 Å². The number of likely N-dealkylation sites (tertiary alicyclic amines) is 1. The van der Waals surface area contributed by atoms with Gasteiger partial charge in [-0.15, -0.1) is 0 Å². The second kappa shape index (κ2) is 12.3. The van der Waals surface area contributed by atoms with Gasteiger partial charge in [0.2, 0.25) is 11.8 Å². The number of carbonyl (C=O) groups is 1. The number of carbonyl (C=O) groups excluding carboxylic acids is 1. The molecular weight excluding hydrogens is 678 g/mol. The molecule has 5 aliphatic rings. The Balaban J connectivity index is 1.25. The Labute approximate surface area is 298 Å². The van der Waals surface area contributed by atoms with Crippen LogP contribution >= 0.6 is 23.2 Å². The summed E-state index contributed by atoms with van der Waals surface area (Å²) in [5.41, 5.74) is 4.35. The fourth-order valence-corrected chi connectivity index (χ4v) is 9.01. The predicted octanol–water partition coefficient (Wildman–Crippen LogP) is 7.86. The number of oxazole rings is 1. The van der Waals surface area contributed by atoms with Gasteiger partial charge in [-0.3, -0.25) is 4.79 Å². The third-order valence-corrected chi connectivity index (χ3v) is 12.0. The van der Waals surface area contributed by atoms with E-state index < -0.39 is 5.82 Å². The first kappa shape index (κ1) is 31.9. The van der Waals surface area contributed by atoms with Gasteiger partial charge in [0.15, 0.2) is 5.82 Å². The molecule has 9 nitrogen and oxygen atoms in total. The molecular formula is C38H35Cl2FN6O3. The first-order valence-corrected chi connectivity index (χ1v) is 18.1. The smallest absolute Gasteiger partial charge is 0.226 e. The van der Waals surface area contributed by atoms with Crippen molar-refractivity contribution in [2.24, 2.45) is 11.8 Å². The zero-order valence-electron chi connectivity index (χ0n) is 27.5. The minimum absolute atomic E-state index is 0.0418. The molecule has 0 unspecified atom stereocenters. The van der Waals surface area contributed by atoms with E-state index in [1.54, 1.807) is 24.4 Å². The number of hydrogen-bond donors (Lipinski definition) is 1. The van der Waals surface area contributed by atoms with E-state index in [4.69, 9.17) is 37.3 Å². The van der Waals surface area contributed by atoms with Crippen LogP contribution in [0.4, 0.5) is 4.39 Å². The molecule has 50 heavy (non-hydrogen) atoms. The van der Waals surface area contributed by atoms with Crippen LogP contribution in [-0.4, -0.2) is 50.6 Å². The highest BCUT2D eigenvalue weighted by Gasteiger charge is 2.51.